The highest BCUT2D eigenvalue weighted by Gasteiger charge is 2.27. The Hall–Kier alpha value is -1.66. The number of anilines is 1. The molecule has 2 rings (SSSR count). The first-order valence-corrected chi connectivity index (χ1v) is 7.24. The van der Waals surface area contributed by atoms with E-state index in [2.05, 4.69) is 10.3 Å². The Morgan fingerprint density at radius 2 is 2.25 bits per heavy atom. The van der Waals surface area contributed by atoms with Crippen molar-refractivity contribution >= 4 is 32.6 Å². The molecular weight excluding hydrogens is 274 g/mol. The number of carbonyl (C=O) groups is 1. The Bertz CT molecular complexity index is 622. The van der Waals surface area contributed by atoms with E-state index in [1.165, 1.54) is 11.3 Å². The van der Waals surface area contributed by atoms with Crippen molar-refractivity contribution in [1.82, 2.24) is 4.98 Å². The molecular formula is C14H19N3O2S. The van der Waals surface area contributed by atoms with Gasteiger partial charge in [0.15, 0.2) is 5.13 Å². The summed E-state index contributed by atoms with van der Waals surface area (Å²) >= 11 is 1.44. The third-order valence-electron chi connectivity index (χ3n) is 3.20. The van der Waals surface area contributed by atoms with Gasteiger partial charge < -0.3 is 15.8 Å². The van der Waals surface area contributed by atoms with E-state index < -0.39 is 5.41 Å². The van der Waals surface area contributed by atoms with Gasteiger partial charge in [-0.25, -0.2) is 4.98 Å². The molecule has 1 aromatic heterocycles. The Kier molecular flexibility index (Phi) is 4.25. The van der Waals surface area contributed by atoms with E-state index in [9.17, 15) is 4.79 Å². The lowest BCUT2D eigenvalue weighted by Crippen LogP contribution is -2.32. The summed E-state index contributed by atoms with van der Waals surface area (Å²) in [4.78, 5) is 16.6. The molecule has 0 aliphatic rings. The number of benzene rings is 1. The molecule has 1 aromatic carbocycles. The highest BCUT2D eigenvalue weighted by Crippen LogP contribution is 2.30. The summed E-state index contributed by atoms with van der Waals surface area (Å²) in [5.41, 5.74) is 5.89. The zero-order chi connectivity index (χ0) is 14.8. The molecule has 5 nitrogen and oxygen atoms in total. The molecule has 0 aliphatic carbocycles. The molecule has 2 aromatic rings. The lowest BCUT2D eigenvalue weighted by molar-refractivity contribution is -0.124. The molecule has 3 N–H and O–H groups in total. The van der Waals surface area contributed by atoms with Crippen molar-refractivity contribution in [2.45, 2.75) is 20.3 Å². The average Bonchev–Trinajstić information content (AvgIpc) is 2.79. The highest BCUT2D eigenvalue weighted by molar-refractivity contribution is 7.22. The summed E-state index contributed by atoms with van der Waals surface area (Å²) in [5, 5.41) is 3.47. The first-order chi connectivity index (χ1) is 9.46. The van der Waals surface area contributed by atoms with Gasteiger partial charge in [0.25, 0.3) is 0 Å². The fraction of sp³-hybridized carbons (Fsp3) is 0.429. The standard InChI is InChI=1S/C14H19N3O2S/c1-14(2,6-7-15)12(18)17-13-16-10-5-4-9(19-3)8-11(10)20-13/h4-5,8H,6-7,15H2,1-3H3,(H,16,17,18). The zero-order valence-electron chi connectivity index (χ0n) is 11.9. The van der Waals surface area contributed by atoms with Crippen LogP contribution >= 0.6 is 11.3 Å². The quantitative estimate of drug-likeness (QED) is 0.888. The van der Waals surface area contributed by atoms with Crippen molar-refractivity contribution in [2.75, 3.05) is 19.0 Å². The number of nitrogens with zero attached hydrogens (tertiary/aromatic N) is 1. The number of rotatable bonds is 5. The van der Waals surface area contributed by atoms with Gasteiger partial charge in [-0.1, -0.05) is 25.2 Å². The molecule has 0 fully saturated rings. The second kappa shape index (κ2) is 5.76. The maximum absolute atomic E-state index is 12.2. The molecule has 20 heavy (non-hydrogen) atoms. The summed E-state index contributed by atoms with van der Waals surface area (Å²) in [6.45, 7) is 4.24. The van der Waals surface area contributed by atoms with E-state index in [4.69, 9.17) is 10.5 Å². The molecule has 0 atom stereocenters. The topological polar surface area (TPSA) is 77.2 Å². The molecule has 1 amide bonds. The van der Waals surface area contributed by atoms with Gasteiger partial charge in [0.05, 0.1) is 17.3 Å². The predicted octanol–water partition coefficient (Wildman–Crippen LogP) is 2.62. The van der Waals surface area contributed by atoms with Gasteiger partial charge in [-0.2, -0.15) is 0 Å². The summed E-state index contributed by atoms with van der Waals surface area (Å²) < 4.78 is 6.16. The third kappa shape index (κ3) is 3.08. The lowest BCUT2D eigenvalue weighted by Gasteiger charge is -2.21. The number of fused-ring (bicyclic) bond motifs is 1. The number of methoxy groups -OCH3 is 1. The lowest BCUT2D eigenvalue weighted by atomic mass is 9.88. The van der Waals surface area contributed by atoms with Gasteiger partial charge in [-0.15, -0.1) is 0 Å². The normalized spacial score (nSPS) is 11.6. The fourth-order valence-electron chi connectivity index (χ4n) is 1.83. The first-order valence-electron chi connectivity index (χ1n) is 6.42. The zero-order valence-corrected chi connectivity index (χ0v) is 12.7. The minimum atomic E-state index is -0.496. The Labute approximate surface area is 122 Å². The van der Waals surface area contributed by atoms with E-state index in [0.717, 1.165) is 16.0 Å². The van der Waals surface area contributed by atoms with Crippen molar-refractivity contribution in [1.29, 1.82) is 0 Å². The Morgan fingerprint density at radius 3 is 2.90 bits per heavy atom. The number of ether oxygens (including phenoxy) is 1. The van der Waals surface area contributed by atoms with Crippen LogP contribution in [-0.4, -0.2) is 24.5 Å². The number of amides is 1. The van der Waals surface area contributed by atoms with Gasteiger partial charge in [0, 0.05) is 5.41 Å². The first kappa shape index (κ1) is 14.7. The molecule has 0 radical (unpaired) electrons. The number of nitrogens with two attached hydrogens (primary N) is 1. The molecule has 0 saturated heterocycles. The van der Waals surface area contributed by atoms with Crippen molar-refractivity contribution < 1.29 is 9.53 Å². The van der Waals surface area contributed by atoms with Crippen LogP contribution in [0.1, 0.15) is 20.3 Å². The molecule has 0 aliphatic heterocycles. The summed E-state index contributed by atoms with van der Waals surface area (Å²) in [6, 6.07) is 5.64. The largest absolute Gasteiger partial charge is 0.497 e. The number of hydrogen-bond acceptors (Lipinski definition) is 5. The van der Waals surface area contributed by atoms with E-state index in [1.807, 2.05) is 32.0 Å². The van der Waals surface area contributed by atoms with E-state index in [0.29, 0.717) is 18.1 Å². The van der Waals surface area contributed by atoms with Gasteiger partial charge in [0.1, 0.15) is 5.75 Å². The minimum Gasteiger partial charge on any atom is -0.497 e. The molecule has 1 heterocycles. The molecule has 6 heteroatoms. The van der Waals surface area contributed by atoms with E-state index in [-0.39, 0.29) is 5.91 Å². The van der Waals surface area contributed by atoms with E-state index in [1.54, 1.807) is 7.11 Å². The van der Waals surface area contributed by atoms with Crippen LogP contribution in [0.5, 0.6) is 5.75 Å². The second-order valence-electron chi connectivity index (χ2n) is 5.23. The fourth-order valence-corrected chi connectivity index (χ4v) is 2.72. The maximum Gasteiger partial charge on any atom is 0.231 e. The van der Waals surface area contributed by atoms with Gasteiger partial charge in [-0.05, 0) is 31.2 Å². The van der Waals surface area contributed by atoms with Crippen LogP contribution in [0.3, 0.4) is 0 Å². The third-order valence-corrected chi connectivity index (χ3v) is 4.13. The highest BCUT2D eigenvalue weighted by atomic mass is 32.1. The SMILES string of the molecule is COc1ccc2nc(NC(=O)C(C)(C)CCN)sc2c1. The number of carbonyl (C=O) groups excluding carboxylic acids is 1. The van der Waals surface area contributed by atoms with Crippen LogP contribution < -0.4 is 15.8 Å². The van der Waals surface area contributed by atoms with Crippen molar-refractivity contribution in [2.24, 2.45) is 11.1 Å². The maximum atomic E-state index is 12.2. The molecule has 0 saturated carbocycles. The summed E-state index contributed by atoms with van der Waals surface area (Å²) in [7, 11) is 1.63. The van der Waals surface area contributed by atoms with Crippen molar-refractivity contribution in [3.05, 3.63) is 18.2 Å². The van der Waals surface area contributed by atoms with Gasteiger partial charge in [-0.3, -0.25) is 4.79 Å². The van der Waals surface area contributed by atoms with Crippen LogP contribution in [0.4, 0.5) is 5.13 Å². The van der Waals surface area contributed by atoms with E-state index >= 15 is 0 Å². The minimum absolute atomic E-state index is 0.0611. The van der Waals surface area contributed by atoms with Crippen LogP contribution in [0.2, 0.25) is 0 Å². The summed E-state index contributed by atoms with van der Waals surface area (Å²) in [5.74, 6) is 0.719. The number of hydrogen-bond donors (Lipinski definition) is 2. The van der Waals surface area contributed by atoms with Gasteiger partial charge in [0.2, 0.25) is 5.91 Å². The number of aromatic nitrogens is 1. The monoisotopic (exact) mass is 293 g/mol. The molecule has 0 unspecified atom stereocenters. The van der Waals surface area contributed by atoms with Crippen LogP contribution in [0.15, 0.2) is 18.2 Å². The van der Waals surface area contributed by atoms with Crippen LogP contribution in [-0.2, 0) is 4.79 Å². The van der Waals surface area contributed by atoms with Crippen molar-refractivity contribution in [3.8, 4) is 5.75 Å². The number of nitrogens with one attached hydrogen (secondary N) is 1. The Balaban J connectivity index is 2.20. The smallest absolute Gasteiger partial charge is 0.231 e. The molecule has 108 valence electrons. The van der Waals surface area contributed by atoms with Crippen molar-refractivity contribution in [3.63, 3.8) is 0 Å². The Morgan fingerprint density at radius 1 is 1.50 bits per heavy atom. The summed E-state index contributed by atoms with van der Waals surface area (Å²) in [6.07, 6.45) is 0.636. The van der Waals surface area contributed by atoms with Gasteiger partial charge >= 0.3 is 0 Å². The van der Waals surface area contributed by atoms with Crippen LogP contribution in [0.25, 0.3) is 10.2 Å². The predicted molar refractivity (Wildman–Crippen MR) is 82.3 cm³/mol. The average molecular weight is 293 g/mol. The number of thiazole rings is 1. The second-order valence-corrected chi connectivity index (χ2v) is 6.26. The van der Waals surface area contributed by atoms with Crippen LogP contribution in [0, 0.1) is 5.41 Å². The molecule has 0 spiro atoms. The molecule has 0 bridgehead atoms.